The van der Waals surface area contributed by atoms with Crippen LogP contribution in [0.3, 0.4) is 0 Å². The van der Waals surface area contributed by atoms with Gasteiger partial charge in [0, 0.05) is 38.5 Å². The predicted molar refractivity (Wildman–Crippen MR) is 110 cm³/mol. The van der Waals surface area contributed by atoms with Crippen molar-refractivity contribution in [1.82, 2.24) is 9.80 Å². The van der Waals surface area contributed by atoms with Crippen LogP contribution >= 0.6 is 0 Å². The van der Waals surface area contributed by atoms with Crippen molar-refractivity contribution in [3.8, 4) is 5.75 Å². The summed E-state index contributed by atoms with van der Waals surface area (Å²) in [6, 6.07) is 8.21. The molecule has 5 heteroatoms. The van der Waals surface area contributed by atoms with E-state index in [0.717, 1.165) is 38.1 Å². The van der Waals surface area contributed by atoms with Crippen LogP contribution in [-0.2, 0) is 15.0 Å². The highest BCUT2D eigenvalue weighted by molar-refractivity contribution is 5.81. The summed E-state index contributed by atoms with van der Waals surface area (Å²) >= 11 is 0. The summed E-state index contributed by atoms with van der Waals surface area (Å²) in [6.07, 6.45) is 4.16. The zero-order valence-electron chi connectivity index (χ0n) is 17.6. The van der Waals surface area contributed by atoms with Gasteiger partial charge in [-0.1, -0.05) is 32.9 Å². The summed E-state index contributed by atoms with van der Waals surface area (Å²) in [5.41, 5.74) is 1.42. The van der Waals surface area contributed by atoms with Gasteiger partial charge in [0.2, 0.25) is 11.8 Å². The van der Waals surface area contributed by atoms with Crippen LogP contribution in [0.1, 0.15) is 58.4 Å². The molecule has 0 aromatic heterocycles. The number of benzene rings is 1. The number of ether oxygens (including phenoxy) is 1. The zero-order chi connectivity index (χ0) is 20.1. The summed E-state index contributed by atoms with van der Waals surface area (Å²) < 4.78 is 5.79. The first-order chi connectivity index (χ1) is 13.3. The summed E-state index contributed by atoms with van der Waals surface area (Å²) in [6.45, 7) is 10.00. The molecule has 5 nitrogen and oxygen atoms in total. The highest BCUT2D eigenvalue weighted by Gasteiger charge is 2.34. The molecule has 0 bridgehead atoms. The van der Waals surface area contributed by atoms with Gasteiger partial charge in [0.25, 0.3) is 0 Å². The van der Waals surface area contributed by atoms with E-state index >= 15 is 0 Å². The van der Waals surface area contributed by atoms with Crippen LogP contribution in [0.15, 0.2) is 24.3 Å². The van der Waals surface area contributed by atoms with Crippen LogP contribution in [0.2, 0.25) is 0 Å². The average molecular weight is 387 g/mol. The molecule has 1 aromatic carbocycles. The third-order valence-corrected chi connectivity index (χ3v) is 5.61. The van der Waals surface area contributed by atoms with Gasteiger partial charge in [-0.15, -0.1) is 0 Å². The van der Waals surface area contributed by atoms with Crippen molar-refractivity contribution in [2.24, 2.45) is 5.92 Å². The molecule has 0 N–H and O–H groups in total. The number of hydrogen-bond donors (Lipinski definition) is 0. The van der Waals surface area contributed by atoms with Crippen molar-refractivity contribution < 1.29 is 14.3 Å². The number of amides is 2. The zero-order valence-corrected chi connectivity index (χ0v) is 17.6. The quantitative estimate of drug-likeness (QED) is 0.702. The van der Waals surface area contributed by atoms with Crippen molar-refractivity contribution in [3.63, 3.8) is 0 Å². The first-order valence-electron chi connectivity index (χ1n) is 10.6. The van der Waals surface area contributed by atoms with Crippen molar-refractivity contribution in [1.29, 1.82) is 0 Å². The van der Waals surface area contributed by atoms with Crippen molar-refractivity contribution in [2.75, 3.05) is 32.8 Å². The Balaban J connectivity index is 1.36. The highest BCUT2D eigenvalue weighted by atomic mass is 16.5. The van der Waals surface area contributed by atoms with Crippen LogP contribution < -0.4 is 4.74 Å². The van der Waals surface area contributed by atoms with Gasteiger partial charge >= 0.3 is 0 Å². The molecule has 1 aliphatic carbocycles. The number of carbonyl (C=O) groups is 2. The minimum atomic E-state index is 0.136. The molecule has 1 aromatic rings. The Morgan fingerprint density at radius 2 is 1.64 bits per heavy atom. The molecule has 0 radical (unpaired) electrons. The molecule has 2 fully saturated rings. The van der Waals surface area contributed by atoms with E-state index in [1.807, 2.05) is 21.9 Å². The van der Waals surface area contributed by atoms with Crippen molar-refractivity contribution in [2.45, 2.75) is 58.3 Å². The van der Waals surface area contributed by atoms with E-state index < -0.39 is 0 Å². The molecule has 28 heavy (non-hydrogen) atoms. The monoisotopic (exact) mass is 386 g/mol. The Labute approximate surface area is 169 Å². The SMILES string of the molecule is CC(C)(C)c1ccc(OCCCC(=O)N2CCCN(C(=O)C3CC3)CC2)cc1. The Morgan fingerprint density at radius 3 is 2.29 bits per heavy atom. The Bertz CT molecular complexity index is 674. The summed E-state index contributed by atoms with van der Waals surface area (Å²) in [5, 5.41) is 0. The topological polar surface area (TPSA) is 49.9 Å². The van der Waals surface area contributed by atoms with Crippen LogP contribution in [0.5, 0.6) is 5.75 Å². The second-order valence-electron chi connectivity index (χ2n) is 9.06. The Kier molecular flexibility index (Phi) is 6.63. The number of nitrogens with zero attached hydrogens (tertiary/aromatic N) is 2. The van der Waals surface area contributed by atoms with Gasteiger partial charge in [-0.2, -0.15) is 0 Å². The Hall–Kier alpha value is -2.04. The van der Waals surface area contributed by atoms with Gasteiger partial charge in [-0.05, 0) is 48.8 Å². The van der Waals surface area contributed by atoms with Crippen molar-refractivity contribution in [3.05, 3.63) is 29.8 Å². The summed E-state index contributed by atoms with van der Waals surface area (Å²) in [5.74, 6) is 1.58. The molecule has 0 atom stereocenters. The van der Waals surface area contributed by atoms with Crippen LogP contribution in [0.4, 0.5) is 0 Å². The first-order valence-corrected chi connectivity index (χ1v) is 10.6. The van der Waals surface area contributed by atoms with Gasteiger partial charge < -0.3 is 14.5 Å². The van der Waals surface area contributed by atoms with E-state index in [4.69, 9.17) is 4.74 Å². The molecule has 3 rings (SSSR count). The molecule has 154 valence electrons. The predicted octanol–water partition coefficient (Wildman–Crippen LogP) is 3.61. The molecule has 1 saturated carbocycles. The lowest BCUT2D eigenvalue weighted by Crippen LogP contribution is -2.38. The van der Waals surface area contributed by atoms with Gasteiger partial charge in [-0.3, -0.25) is 9.59 Å². The number of hydrogen-bond acceptors (Lipinski definition) is 3. The summed E-state index contributed by atoms with van der Waals surface area (Å²) in [4.78, 5) is 28.6. The Morgan fingerprint density at radius 1 is 1.00 bits per heavy atom. The van der Waals surface area contributed by atoms with E-state index in [9.17, 15) is 9.59 Å². The number of rotatable bonds is 6. The largest absolute Gasteiger partial charge is 0.494 e. The smallest absolute Gasteiger partial charge is 0.225 e. The first kappa shape index (κ1) is 20.7. The maximum atomic E-state index is 12.5. The minimum absolute atomic E-state index is 0.136. The van der Waals surface area contributed by atoms with Gasteiger partial charge in [0.05, 0.1) is 6.61 Å². The van der Waals surface area contributed by atoms with Gasteiger partial charge in [0.15, 0.2) is 0 Å². The van der Waals surface area contributed by atoms with Crippen molar-refractivity contribution >= 4 is 11.8 Å². The molecule has 1 aliphatic heterocycles. The van der Waals surface area contributed by atoms with Gasteiger partial charge in [0.1, 0.15) is 5.75 Å². The van der Waals surface area contributed by atoms with E-state index in [1.54, 1.807) is 0 Å². The van der Waals surface area contributed by atoms with E-state index in [-0.39, 0.29) is 17.2 Å². The fraction of sp³-hybridized carbons (Fsp3) is 0.652. The molecular weight excluding hydrogens is 352 g/mol. The van der Waals surface area contributed by atoms with Gasteiger partial charge in [-0.25, -0.2) is 0 Å². The molecule has 1 saturated heterocycles. The normalized spacial score (nSPS) is 18.0. The van der Waals surface area contributed by atoms with Crippen LogP contribution in [-0.4, -0.2) is 54.4 Å². The second-order valence-corrected chi connectivity index (χ2v) is 9.06. The molecular formula is C23H34N2O3. The minimum Gasteiger partial charge on any atom is -0.494 e. The second kappa shape index (κ2) is 8.97. The molecule has 1 heterocycles. The maximum Gasteiger partial charge on any atom is 0.225 e. The van der Waals surface area contributed by atoms with Crippen LogP contribution in [0.25, 0.3) is 0 Å². The maximum absolute atomic E-state index is 12.5. The lowest BCUT2D eigenvalue weighted by molar-refractivity contribution is -0.134. The molecule has 0 unspecified atom stereocenters. The van der Waals surface area contributed by atoms with E-state index in [2.05, 4.69) is 32.9 Å². The molecule has 2 amide bonds. The number of carbonyl (C=O) groups excluding carboxylic acids is 2. The fourth-order valence-electron chi connectivity index (χ4n) is 3.60. The lowest BCUT2D eigenvalue weighted by atomic mass is 9.87. The molecule has 2 aliphatic rings. The van der Waals surface area contributed by atoms with E-state index in [1.165, 1.54) is 5.56 Å². The lowest BCUT2D eigenvalue weighted by Gasteiger charge is -2.22. The van der Waals surface area contributed by atoms with Crippen LogP contribution in [0, 0.1) is 5.92 Å². The molecule has 0 spiro atoms. The average Bonchev–Trinajstić information content (AvgIpc) is 3.51. The van der Waals surface area contributed by atoms with E-state index in [0.29, 0.717) is 38.4 Å². The fourth-order valence-corrected chi connectivity index (χ4v) is 3.60. The third-order valence-electron chi connectivity index (χ3n) is 5.61. The highest BCUT2D eigenvalue weighted by Crippen LogP contribution is 2.31. The standard InChI is InChI=1S/C23H34N2O3/c1-23(2,3)19-9-11-20(12-10-19)28-17-4-6-21(26)24-13-5-14-25(16-15-24)22(27)18-7-8-18/h9-12,18H,4-8,13-17H2,1-3H3. The summed E-state index contributed by atoms with van der Waals surface area (Å²) in [7, 11) is 0. The third kappa shape index (κ3) is 5.73.